The molecule has 0 aromatic heterocycles. The highest BCUT2D eigenvalue weighted by atomic mass is 16.6. The Morgan fingerprint density at radius 3 is 2.54 bits per heavy atom. The summed E-state index contributed by atoms with van der Waals surface area (Å²) in [4.78, 5) is 34.3. The van der Waals surface area contributed by atoms with E-state index < -0.39 is 17.5 Å². The summed E-state index contributed by atoms with van der Waals surface area (Å²) in [5.41, 5.74) is -0.0900. The Labute approximate surface area is 140 Å². The molecule has 2 rings (SSSR count). The van der Waals surface area contributed by atoms with Crippen LogP contribution < -0.4 is 4.74 Å². The Balaban J connectivity index is 2.04. The van der Waals surface area contributed by atoms with Crippen molar-refractivity contribution < 1.29 is 24.0 Å². The first-order chi connectivity index (χ1) is 11.4. The van der Waals surface area contributed by atoms with Gasteiger partial charge in [0.25, 0.3) is 0 Å². The van der Waals surface area contributed by atoms with Crippen molar-refractivity contribution >= 4 is 17.4 Å². The molecule has 1 aliphatic rings. The van der Waals surface area contributed by atoms with Gasteiger partial charge in [0.05, 0.1) is 4.92 Å². The van der Waals surface area contributed by atoms with Crippen molar-refractivity contribution in [2.45, 2.75) is 45.6 Å². The third-order valence-corrected chi connectivity index (χ3v) is 3.91. The number of carbonyl (C=O) groups excluding carboxylic acids is 2. The summed E-state index contributed by atoms with van der Waals surface area (Å²) < 4.78 is 10.5. The number of nitro groups is 1. The van der Waals surface area contributed by atoms with E-state index in [2.05, 4.69) is 0 Å². The van der Waals surface area contributed by atoms with Crippen molar-refractivity contribution in [2.24, 2.45) is 5.92 Å². The van der Waals surface area contributed by atoms with Crippen LogP contribution >= 0.6 is 0 Å². The zero-order valence-electron chi connectivity index (χ0n) is 13.8. The second-order valence-electron chi connectivity index (χ2n) is 6.14. The summed E-state index contributed by atoms with van der Waals surface area (Å²) in [5, 5.41) is 11.2. The Hall–Kier alpha value is -2.44. The number of esters is 1. The van der Waals surface area contributed by atoms with Crippen molar-refractivity contribution in [3.63, 3.8) is 0 Å². The van der Waals surface area contributed by atoms with Crippen molar-refractivity contribution in [3.05, 3.63) is 33.9 Å². The molecule has 1 fully saturated rings. The van der Waals surface area contributed by atoms with Gasteiger partial charge in [-0.1, -0.05) is 13.8 Å². The highest BCUT2D eigenvalue weighted by Crippen LogP contribution is 2.29. The van der Waals surface area contributed by atoms with Crippen molar-refractivity contribution in [2.75, 3.05) is 6.61 Å². The molecule has 0 atom stereocenters. The van der Waals surface area contributed by atoms with Crippen molar-refractivity contribution in [1.82, 2.24) is 0 Å². The topological polar surface area (TPSA) is 95.7 Å². The first-order valence-corrected chi connectivity index (χ1v) is 8.03. The van der Waals surface area contributed by atoms with Gasteiger partial charge in [0.15, 0.2) is 18.1 Å². The van der Waals surface area contributed by atoms with Crippen LogP contribution in [0.4, 0.5) is 5.69 Å². The molecular weight excluding hydrogens is 314 g/mol. The number of Topliss-reactive ketones (excluding diaryl/α,β-unsaturated/α-hetero) is 1. The summed E-state index contributed by atoms with van der Waals surface area (Å²) in [6.07, 6.45) is 3.68. The zero-order valence-corrected chi connectivity index (χ0v) is 13.8. The second kappa shape index (κ2) is 7.90. The molecule has 0 aliphatic heterocycles. The Kier molecular flexibility index (Phi) is 5.89. The number of ether oxygens (including phenoxy) is 2. The monoisotopic (exact) mass is 335 g/mol. The molecule has 7 nitrogen and oxygen atoms in total. The molecule has 0 radical (unpaired) electrons. The predicted octanol–water partition coefficient (Wildman–Crippen LogP) is 3.30. The standard InChI is InChI=1S/C17H21NO6/c1-11(2)17(20)12-7-8-15(14(9-12)18(21)22)23-10-16(19)24-13-5-3-4-6-13/h7-9,11,13H,3-6,10H2,1-2H3. The molecule has 130 valence electrons. The summed E-state index contributed by atoms with van der Waals surface area (Å²) in [7, 11) is 0. The molecule has 0 saturated heterocycles. The van der Waals surface area contributed by atoms with Crippen LogP contribution in [-0.2, 0) is 9.53 Å². The lowest BCUT2D eigenvalue weighted by molar-refractivity contribution is -0.385. The Bertz CT molecular complexity index is 634. The summed E-state index contributed by atoms with van der Waals surface area (Å²) in [6.45, 7) is 3.05. The van der Waals surface area contributed by atoms with Crippen LogP contribution in [-0.4, -0.2) is 29.4 Å². The smallest absolute Gasteiger partial charge is 0.344 e. The normalized spacial score (nSPS) is 14.6. The fourth-order valence-electron chi connectivity index (χ4n) is 2.63. The van der Waals surface area contributed by atoms with Gasteiger partial charge in [-0.25, -0.2) is 4.79 Å². The average Bonchev–Trinajstić information content (AvgIpc) is 3.04. The van der Waals surface area contributed by atoms with Crippen LogP contribution in [0.15, 0.2) is 18.2 Å². The molecule has 1 aromatic carbocycles. The van der Waals surface area contributed by atoms with Gasteiger partial charge in [-0.05, 0) is 37.8 Å². The molecule has 1 aliphatic carbocycles. The lowest BCUT2D eigenvalue weighted by Crippen LogP contribution is -2.21. The van der Waals surface area contributed by atoms with E-state index in [1.165, 1.54) is 18.2 Å². The fourth-order valence-corrected chi connectivity index (χ4v) is 2.63. The first-order valence-electron chi connectivity index (χ1n) is 8.03. The minimum absolute atomic E-state index is 0.0521. The Morgan fingerprint density at radius 1 is 1.29 bits per heavy atom. The van der Waals surface area contributed by atoms with Crippen LogP contribution in [0.3, 0.4) is 0 Å². The molecule has 0 spiro atoms. The highest BCUT2D eigenvalue weighted by molar-refractivity contribution is 5.98. The van der Waals surface area contributed by atoms with E-state index >= 15 is 0 Å². The lowest BCUT2D eigenvalue weighted by atomic mass is 10.0. The fraction of sp³-hybridized carbons (Fsp3) is 0.529. The summed E-state index contributed by atoms with van der Waals surface area (Å²) in [6, 6.07) is 3.99. The van der Waals surface area contributed by atoms with Crippen molar-refractivity contribution in [1.29, 1.82) is 0 Å². The van der Waals surface area contributed by atoms with E-state index in [1.54, 1.807) is 13.8 Å². The first kappa shape index (κ1) is 17.9. The minimum atomic E-state index is -0.630. The molecule has 24 heavy (non-hydrogen) atoms. The molecule has 0 amide bonds. The molecule has 7 heteroatoms. The number of carbonyl (C=O) groups is 2. The maximum atomic E-state index is 12.0. The maximum Gasteiger partial charge on any atom is 0.344 e. The van der Waals surface area contributed by atoms with Gasteiger partial charge < -0.3 is 9.47 Å². The van der Waals surface area contributed by atoms with Gasteiger partial charge in [-0.3, -0.25) is 14.9 Å². The number of benzene rings is 1. The van der Waals surface area contributed by atoms with Crippen molar-refractivity contribution in [3.8, 4) is 5.75 Å². The third-order valence-electron chi connectivity index (χ3n) is 3.91. The SMILES string of the molecule is CC(C)C(=O)c1ccc(OCC(=O)OC2CCCC2)c([N+](=O)[O-])c1. The molecular formula is C17H21NO6. The van der Waals surface area contributed by atoms with Gasteiger partial charge in [0, 0.05) is 17.5 Å². The Morgan fingerprint density at radius 2 is 1.96 bits per heavy atom. The van der Waals surface area contributed by atoms with Gasteiger partial charge in [-0.15, -0.1) is 0 Å². The largest absolute Gasteiger partial charge is 0.475 e. The number of nitrogens with zero attached hydrogens (tertiary/aromatic N) is 1. The van der Waals surface area contributed by atoms with E-state index in [-0.39, 0.29) is 34.8 Å². The quantitative estimate of drug-likeness (QED) is 0.328. The van der Waals surface area contributed by atoms with Crippen LogP contribution in [0, 0.1) is 16.0 Å². The van der Waals surface area contributed by atoms with E-state index in [0.717, 1.165) is 25.7 Å². The third kappa shape index (κ3) is 4.53. The molecule has 0 N–H and O–H groups in total. The van der Waals surface area contributed by atoms with E-state index in [0.29, 0.717) is 0 Å². The van der Waals surface area contributed by atoms with Crippen LogP contribution in [0.1, 0.15) is 49.9 Å². The maximum absolute atomic E-state index is 12.0. The summed E-state index contributed by atoms with van der Waals surface area (Å²) in [5.74, 6) is -1.05. The molecule has 1 saturated carbocycles. The lowest BCUT2D eigenvalue weighted by Gasteiger charge is -2.12. The molecule has 0 bridgehead atoms. The number of nitro benzene ring substituents is 1. The highest BCUT2D eigenvalue weighted by Gasteiger charge is 2.23. The number of rotatable bonds is 7. The molecule has 0 unspecified atom stereocenters. The van der Waals surface area contributed by atoms with E-state index in [1.807, 2.05) is 0 Å². The van der Waals surface area contributed by atoms with E-state index in [4.69, 9.17) is 9.47 Å². The predicted molar refractivity (Wildman–Crippen MR) is 86.1 cm³/mol. The average molecular weight is 335 g/mol. The summed E-state index contributed by atoms with van der Waals surface area (Å²) >= 11 is 0. The van der Waals surface area contributed by atoms with Crippen LogP contribution in [0.2, 0.25) is 0 Å². The second-order valence-corrected chi connectivity index (χ2v) is 6.14. The number of ketones is 1. The van der Waals surface area contributed by atoms with Gasteiger partial charge in [0.2, 0.25) is 0 Å². The number of hydrogen-bond acceptors (Lipinski definition) is 6. The zero-order chi connectivity index (χ0) is 17.7. The molecule has 0 heterocycles. The van der Waals surface area contributed by atoms with Gasteiger partial charge in [-0.2, -0.15) is 0 Å². The number of hydrogen-bond donors (Lipinski definition) is 0. The van der Waals surface area contributed by atoms with Gasteiger partial charge in [0.1, 0.15) is 6.10 Å². The van der Waals surface area contributed by atoms with E-state index in [9.17, 15) is 19.7 Å². The molecule has 1 aromatic rings. The minimum Gasteiger partial charge on any atom is -0.475 e. The van der Waals surface area contributed by atoms with Crippen LogP contribution in [0.25, 0.3) is 0 Å². The van der Waals surface area contributed by atoms with Crippen LogP contribution in [0.5, 0.6) is 5.75 Å². The van der Waals surface area contributed by atoms with Gasteiger partial charge >= 0.3 is 11.7 Å².